The lowest BCUT2D eigenvalue weighted by Crippen LogP contribution is -2.40. The van der Waals surface area contributed by atoms with Crippen molar-refractivity contribution in [2.24, 2.45) is 0 Å². The van der Waals surface area contributed by atoms with Gasteiger partial charge in [-0.2, -0.15) is 0 Å². The largest absolute Gasteiger partial charge is 0.352 e. The molecule has 3 heteroatoms. The van der Waals surface area contributed by atoms with Crippen molar-refractivity contribution in [1.29, 1.82) is 0 Å². The third-order valence-electron chi connectivity index (χ3n) is 3.66. The first kappa shape index (κ1) is 14.4. The van der Waals surface area contributed by atoms with Crippen LogP contribution in [0.4, 0.5) is 0 Å². The molecule has 0 spiro atoms. The van der Waals surface area contributed by atoms with Crippen molar-refractivity contribution in [1.82, 2.24) is 5.32 Å². The fourth-order valence-electron chi connectivity index (χ4n) is 2.44. The van der Waals surface area contributed by atoms with E-state index in [4.69, 9.17) is 0 Å². The number of benzene rings is 1. The minimum absolute atomic E-state index is 0.0298. The molecule has 0 radical (unpaired) electrons. The Labute approximate surface area is 120 Å². The quantitative estimate of drug-likeness (QED) is 0.888. The Morgan fingerprint density at radius 2 is 1.95 bits per heavy atom. The van der Waals surface area contributed by atoms with E-state index < -0.39 is 0 Å². The molecule has 0 bridgehead atoms. The van der Waals surface area contributed by atoms with Crippen molar-refractivity contribution < 1.29 is 4.79 Å². The van der Waals surface area contributed by atoms with Gasteiger partial charge in [0.15, 0.2) is 0 Å². The molecule has 1 fully saturated rings. The van der Waals surface area contributed by atoms with Gasteiger partial charge in [0.2, 0.25) is 5.91 Å². The normalized spacial score (nSPS) is 17.9. The summed E-state index contributed by atoms with van der Waals surface area (Å²) in [5.74, 6) is 1.10. The van der Waals surface area contributed by atoms with Crippen LogP contribution in [0.1, 0.15) is 44.6 Å². The standard InChI is InChI=1S/C16H23NOS/c1-13(19-12-14-8-4-2-5-9-14)16(18)17-15-10-6-3-7-11-15/h2,4-5,8-9,13,15H,3,6-7,10-12H2,1H3,(H,17,18)/t13-/m1/s1. The van der Waals surface area contributed by atoms with Gasteiger partial charge in [0, 0.05) is 11.8 Å². The first-order valence-corrected chi connectivity index (χ1v) is 8.26. The molecule has 1 aliphatic rings. The molecule has 1 amide bonds. The number of rotatable bonds is 5. The van der Waals surface area contributed by atoms with Gasteiger partial charge in [-0.05, 0) is 25.3 Å². The van der Waals surface area contributed by atoms with Gasteiger partial charge >= 0.3 is 0 Å². The highest BCUT2D eigenvalue weighted by Gasteiger charge is 2.19. The molecule has 2 rings (SSSR count). The van der Waals surface area contributed by atoms with E-state index in [1.54, 1.807) is 11.8 Å². The molecule has 1 saturated carbocycles. The van der Waals surface area contributed by atoms with Crippen molar-refractivity contribution in [2.75, 3.05) is 0 Å². The van der Waals surface area contributed by atoms with Crippen molar-refractivity contribution in [3.05, 3.63) is 35.9 Å². The van der Waals surface area contributed by atoms with E-state index >= 15 is 0 Å². The highest BCUT2D eigenvalue weighted by Crippen LogP contribution is 2.20. The van der Waals surface area contributed by atoms with Crippen LogP contribution in [0, 0.1) is 0 Å². The summed E-state index contributed by atoms with van der Waals surface area (Å²) in [5, 5.41) is 3.22. The van der Waals surface area contributed by atoms with E-state index in [-0.39, 0.29) is 11.2 Å². The molecule has 1 aliphatic carbocycles. The zero-order valence-electron chi connectivity index (χ0n) is 11.6. The lowest BCUT2D eigenvalue weighted by Gasteiger charge is -2.24. The topological polar surface area (TPSA) is 29.1 Å². The summed E-state index contributed by atoms with van der Waals surface area (Å²) in [4.78, 5) is 12.1. The van der Waals surface area contributed by atoms with E-state index in [9.17, 15) is 4.79 Å². The molecular formula is C16H23NOS. The third kappa shape index (κ3) is 4.90. The van der Waals surface area contributed by atoms with Crippen LogP contribution in [-0.2, 0) is 10.5 Å². The van der Waals surface area contributed by atoms with Crippen LogP contribution in [0.2, 0.25) is 0 Å². The minimum Gasteiger partial charge on any atom is -0.352 e. The van der Waals surface area contributed by atoms with Crippen molar-refractivity contribution >= 4 is 17.7 Å². The van der Waals surface area contributed by atoms with E-state index in [1.807, 2.05) is 25.1 Å². The molecular weight excluding hydrogens is 254 g/mol. The first-order valence-electron chi connectivity index (χ1n) is 7.21. The number of hydrogen-bond acceptors (Lipinski definition) is 2. The summed E-state index contributed by atoms with van der Waals surface area (Å²) in [6.45, 7) is 2.01. The maximum Gasteiger partial charge on any atom is 0.233 e. The average Bonchev–Trinajstić information content (AvgIpc) is 2.47. The molecule has 0 saturated heterocycles. The summed E-state index contributed by atoms with van der Waals surface area (Å²) in [5.41, 5.74) is 1.28. The minimum atomic E-state index is 0.0298. The van der Waals surface area contributed by atoms with Crippen molar-refractivity contribution in [3.63, 3.8) is 0 Å². The molecule has 1 N–H and O–H groups in total. The molecule has 0 aromatic heterocycles. The fourth-order valence-corrected chi connectivity index (χ4v) is 3.29. The highest BCUT2D eigenvalue weighted by atomic mass is 32.2. The van der Waals surface area contributed by atoms with Crippen LogP contribution < -0.4 is 5.32 Å². The number of carbonyl (C=O) groups excluding carboxylic acids is 1. The van der Waals surface area contributed by atoms with Crippen molar-refractivity contribution in [2.45, 2.75) is 56.1 Å². The Morgan fingerprint density at radius 1 is 1.26 bits per heavy atom. The molecule has 0 aliphatic heterocycles. The van der Waals surface area contributed by atoms with Gasteiger partial charge in [-0.25, -0.2) is 0 Å². The highest BCUT2D eigenvalue weighted by molar-refractivity contribution is 7.99. The van der Waals surface area contributed by atoms with Gasteiger partial charge in [0.1, 0.15) is 0 Å². The zero-order chi connectivity index (χ0) is 13.5. The number of hydrogen-bond donors (Lipinski definition) is 1. The van der Waals surface area contributed by atoms with Crippen LogP contribution in [0.25, 0.3) is 0 Å². The predicted molar refractivity (Wildman–Crippen MR) is 82.2 cm³/mol. The Bertz CT molecular complexity index is 387. The fraction of sp³-hybridized carbons (Fsp3) is 0.562. The van der Waals surface area contributed by atoms with Crippen LogP contribution in [0.3, 0.4) is 0 Å². The van der Waals surface area contributed by atoms with Gasteiger partial charge in [0.25, 0.3) is 0 Å². The Morgan fingerprint density at radius 3 is 2.63 bits per heavy atom. The maximum atomic E-state index is 12.1. The predicted octanol–water partition coefficient (Wildman–Crippen LogP) is 3.76. The SMILES string of the molecule is C[C@@H](SCc1ccccc1)C(=O)NC1CCCCC1. The van der Waals surface area contributed by atoms with Gasteiger partial charge in [-0.3, -0.25) is 4.79 Å². The number of amides is 1. The van der Waals surface area contributed by atoms with E-state index in [2.05, 4.69) is 17.4 Å². The van der Waals surface area contributed by atoms with Crippen LogP contribution in [0.5, 0.6) is 0 Å². The summed E-state index contributed by atoms with van der Waals surface area (Å²) in [6, 6.07) is 10.7. The molecule has 104 valence electrons. The summed E-state index contributed by atoms with van der Waals surface area (Å²) in [6.07, 6.45) is 6.15. The second kappa shape index (κ2) is 7.59. The molecule has 1 atom stereocenters. The van der Waals surface area contributed by atoms with Gasteiger partial charge in [-0.15, -0.1) is 11.8 Å². The zero-order valence-corrected chi connectivity index (χ0v) is 12.4. The summed E-state index contributed by atoms with van der Waals surface area (Å²) in [7, 11) is 0. The number of nitrogens with one attached hydrogen (secondary N) is 1. The van der Waals surface area contributed by atoms with Gasteiger partial charge < -0.3 is 5.32 Å². The second-order valence-corrected chi connectivity index (χ2v) is 6.61. The average molecular weight is 277 g/mol. The van der Waals surface area contributed by atoms with Gasteiger partial charge in [0.05, 0.1) is 5.25 Å². The number of carbonyl (C=O) groups is 1. The molecule has 0 unspecified atom stereocenters. The Hall–Kier alpha value is -0.960. The Kier molecular flexibility index (Phi) is 5.77. The molecule has 1 aromatic rings. The van der Waals surface area contributed by atoms with Crippen LogP contribution in [0.15, 0.2) is 30.3 Å². The van der Waals surface area contributed by atoms with E-state index in [0.717, 1.165) is 18.6 Å². The third-order valence-corrected chi connectivity index (χ3v) is 4.88. The summed E-state index contributed by atoms with van der Waals surface area (Å²) < 4.78 is 0. The van der Waals surface area contributed by atoms with E-state index in [1.165, 1.54) is 24.8 Å². The van der Waals surface area contributed by atoms with Crippen LogP contribution in [-0.4, -0.2) is 17.2 Å². The molecule has 2 nitrogen and oxygen atoms in total. The van der Waals surface area contributed by atoms with Crippen LogP contribution >= 0.6 is 11.8 Å². The van der Waals surface area contributed by atoms with Gasteiger partial charge in [-0.1, -0.05) is 49.6 Å². The number of thioether (sulfide) groups is 1. The second-order valence-electron chi connectivity index (χ2n) is 5.28. The smallest absolute Gasteiger partial charge is 0.233 e. The lowest BCUT2D eigenvalue weighted by molar-refractivity contribution is -0.121. The van der Waals surface area contributed by atoms with E-state index in [0.29, 0.717) is 6.04 Å². The lowest BCUT2D eigenvalue weighted by atomic mass is 9.95. The van der Waals surface area contributed by atoms with Crippen molar-refractivity contribution in [3.8, 4) is 0 Å². The molecule has 1 aromatic carbocycles. The molecule has 0 heterocycles. The maximum absolute atomic E-state index is 12.1. The molecule has 19 heavy (non-hydrogen) atoms. The summed E-state index contributed by atoms with van der Waals surface area (Å²) >= 11 is 1.71. The first-order chi connectivity index (χ1) is 9.25. The monoisotopic (exact) mass is 277 g/mol. The Balaban J connectivity index is 1.72.